The van der Waals surface area contributed by atoms with Gasteiger partial charge in [0.05, 0.1) is 6.61 Å². The van der Waals surface area contributed by atoms with Gasteiger partial charge in [0.25, 0.3) is 0 Å². The van der Waals surface area contributed by atoms with E-state index in [1.54, 1.807) is 0 Å². The summed E-state index contributed by atoms with van der Waals surface area (Å²) in [5.74, 6) is 0. The molecule has 0 bridgehead atoms. The molecule has 1 aromatic heterocycles. The van der Waals surface area contributed by atoms with Gasteiger partial charge in [-0.3, -0.25) is 0 Å². The third kappa shape index (κ3) is 6.30. The Bertz CT molecular complexity index is 1020. The third-order valence-corrected chi connectivity index (χ3v) is 5.12. The predicted octanol–water partition coefficient (Wildman–Crippen LogP) is 2.44. The Kier molecular flexibility index (Phi) is 8.26. The molecule has 1 unspecified atom stereocenters. The summed E-state index contributed by atoms with van der Waals surface area (Å²) < 4.78 is 10.7. The zero-order valence-corrected chi connectivity index (χ0v) is 18.9. The molecular formula is C25H24BrClN2O. The summed E-state index contributed by atoms with van der Waals surface area (Å²) in [5, 5.41) is 0.740. The van der Waals surface area contributed by atoms with Crippen LogP contribution in [0, 0.1) is 0 Å². The van der Waals surface area contributed by atoms with Crippen LogP contribution in [0.2, 0.25) is 5.02 Å². The Morgan fingerprint density at radius 1 is 0.833 bits per heavy atom. The second-order valence-corrected chi connectivity index (χ2v) is 7.54. The van der Waals surface area contributed by atoms with Crippen molar-refractivity contribution in [3.8, 4) is 0 Å². The van der Waals surface area contributed by atoms with Gasteiger partial charge in [0.15, 0.2) is 0 Å². The molecule has 0 aliphatic heterocycles. The largest absolute Gasteiger partial charge is 1.00 e. The first kappa shape index (κ1) is 22.3. The topological polar surface area (TPSA) is 18.0 Å². The number of aromatic nitrogens is 2. The van der Waals surface area contributed by atoms with E-state index in [4.69, 9.17) is 16.3 Å². The normalized spacial score (nSPS) is 11.6. The van der Waals surface area contributed by atoms with Gasteiger partial charge in [-0.25, -0.2) is 9.13 Å². The van der Waals surface area contributed by atoms with E-state index >= 15 is 0 Å². The maximum atomic E-state index is 6.31. The van der Waals surface area contributed by atoms with Gasteiger partial charge in [0.2, 0.25) is 6.33 Å². The van der Waals surface area contributed by atoms with Gasteiger partial charge in [0.1, 0.15) is 31.6 Å². The fourth-order valence-electron chi connectivity index (χ4n) is 3.33. The predicted molar refractivity (Wildman–Crippen MR) is 116 cm³/mol. The van der Waals surface area contributed by atoms with Crippen LogP contribution in [0.4, 0.5) is 0 Å². The number of halogens is 2. The van der Waals surface area contributed by atoms with Crippen LogP contribution in [0.1, 0.15) is 22.8 Å². The van der Waals surface area contributed by atoms with E-state index in [1.807, 2.05) is 36.4 Å². The Balaban J connectivity index is 0.00000256. The van der Waals surface area contributed by atoms with Gasteiger partial charge >= 0.3 is 0 Å². The minimum absolute atomic E-state index is 0. The van der Waals surface area contributed by atoms with Crippen LogP contribution in [0.25, 0.3) is 0 Å². The van der Waals surface area contributed by atoms with Gasteiger partial charge in [-0.2, -0.15) is 0 Å². The number of rotatable bonds is 8. The molecule has 154 valence electrons. The number of nitrogens with zero attached hydrogens (tertiary/aromatic N) is 2. The zero-order chi connectivity index (χ0) is 19.9. The van der Waals surface area contributed by atoms with E-state index in [0.717, 1.165) is 23.7 Å². The van der Waals surface area contributed by atoms with Gasteiger partial charge in [0, 0.05) is 5.02 Å². The van der Waals surface area contributed by atoms with Crippen LogP contribution in [0.3, 0.4) is 0 Å². The minimum Gasteiger partial charge on any atom is -1.00 e. The molecule has 0 aliphatic carbocycles. The van der Waals surface area contributed by atoms with Gasteiger partial charge < -0.3 is 21.7 Å². The smallest absolute Gasteiger partial charge is 0.244 e. The molecule has 0 saturated carbocycles. The fourth-order valence-corrected chi connectivity index (χ4v) is 3.45. The summed E-state index contributed by atoms with van der Waals surface area (Å²) in [6, 6.07) is 28.7. The van der Waals surface area contributed by atoms with Crippen molar-refractivity contribution in [3.63, 3.8) is 0 Å². The highest BCUT2D eigenvalue weighted by Gasteiger charge is 2.17. The number of hydrogen-bond donors (Lipinski definition) is 0. The molecule has 0 saturated heterocycles. The minimum atomic E-state index is -0.0375. The Hall–Kier alpha value is -2.40. The average molecular weight is 484 g/mol. The van der Waals surface area contributed by atoms with Crippen LogP contribution in [0.15, 0.2) is 104 Å². The quantitative estimate of drug-likeness (QED) is 0.352. The van der Waals surface area contributed by atoms with E-state index < -0.39 is 0 Å². The monoisotopic (exact) mass is 482 g/mol. The first-order chi connectivity index (χ1) is 14.3. The molecule has 3 nitrogen and oxygen atoms in total. The average Bonchev–Trinajstić information content (AvgIpc) is 3.20. The SMILES string of the molecule is Clc1ccc(COC(Cn2cc[n+](Cc3ccccc3)c2)c2ccccc2)cc1.[Br-]. The summed E-state index contributed by atoms with van der Waals surface area (Å²) in [6.45, 7) is 2.15. The lowest BCUT2D eigenvalue weighted by atomic mass is 10.1. The van der Waals surface area contributed by atoms with Crippen molar-refractivity contribution in [3.05, 3.63) is 125 Å². The van der Waals surface area contributed by atoms with Crippen molar-refractivity contribution in [2.24, 2.45) is 0 Å². The molecular weight excluding hydrogens is 460 g/mol. The number of hydrogen-bond acceptors (Lipinski definition) is 1. The summed E-state index contributed by atoms with van der Waals surface area (Å²) in [6.07, 6.45) is 6.30. The van der Waals surface area contributed by atoms with Crippen molar-refractivity contribution in [2.75, 3.05) is 0 Å². The first-order valence-corrected chi connectivity index (χ1v) is 10.1. The Morgan fingerprint density at radius 2 is 1.50 bits per heavy atom. The highest BCUT2D eigenvalue weighted by atomic mass is 79.9. The van der Waals surface area contributed by atoms with Gasteiger partial charge in [-0.15, -0.1) is 0 Å². The van der Waals surface area contributed by atoms with Crippen LogP contribution in [0.5, 0.6) is 0 Å². The summed E-state index contributed by atoms with van der Waals surface area (Å²) in [4.78, 5) is 0. The van der Waals surface area contributed by atoms with Crippen LogP contribution >= 0.6 is 11.6 Å². The number of benzene rings is 3. The molecule has 4 aromatic rings. The molecule has 0 fully saturated rings. The van der Waals surface area contributed by atoms with E-state index in [9.17, 15) is 0 Å². The lowest BCUT2D eigenvalue weighted by molar-refractivity contribution is -0.687. The fraction of sp³-hybridized carbons (Fsp3) is 0.160. The van der Waals surface area contributed by atoms with Crippen molar-refractivity contribution >= 4 is 11.6 Å². The highest BCUT2D eigenvalue weighted by Crippen LogP contribution is 2.22. The first-order valence-electron chi connectivity index (χ1n) is 9.76. The maximum Gasteiger partial charge on any atom is 0.244 e. The van der Waals surface area contributed by atoms with Crippen molar-refractivity contribution in [1.82, 2.24) is 4.57 Å². The molecule has 3 aromatic carbocycles. The number of ether oxygens (including phenoxy) is 1. The molecule has 0 amide bonds. The van der Waals surface area contributed by atoms with Crippen molar-refractivity contribution < 1.29 is 26.3 Å². The summed E-state index contributed by atoms with van der Waals surface area (Å²) >= 11 is 5.99. The van der Waals surface area contributed by atoms with E-state index in [2.05, 4.69) is 76.4 Å². The van der Waals surface area contributed by atoms with E-state index in [0.29, 0.717) is 6.61 Å². The second kappa shape index (κ2) is 11.1. The summed E-state index contributed by atoms with van der Waals surface area (Å²) in [7, 11) is 0. The van der Waals surface area contributed by atoms with Crippen LogP contribution in [-0.4, -0.2) is 4.57 Å². The molecule has 0 spiro atoms. The van der Waals surface area contributed by atoms with E-state index in [-0.39, 0.29) is 23.1 Å². The molecule has 5 heteroatoms. The summed E-state index contributed by atoms with van der Waals surface area (Å²) in [5.41, 5.74) is 3.57. The molecule has 0 N–H and O–H groups in total. The Morgan fingerprint density at radius 3 is 2.20 bits per heavy atom. The Labute approximate surface area is 193 Å². The molecule has 0 radical (unpaired) electrons. The molecule has 4 rings (SSSR count). The number of imidazole rings is 1. The zero-order valence-electron chi connectivity index (χ0n) is 16.6. The highest BCUT2D eigenvalue weighted by molar-refractivity contribution is 6.30. The van der Waals surface area contributed by atoms with Crippen molar-refractivity contribution in [1.29, 1.82) is 0 Å². The van der Waals surface area contributed by atoms with Crippen molar-refractivity contribution in [2.45, 2.75) is 25.8 Å². The van der Waals surface area contributed by atoms with Gasteiger partial charge in [-0.1, -0.05) is 84.4 Å². The van der Waals surface area contributed by atoms with Crippen LogP contribution < -0.4 is 21.5 Å². The molecule has 1 atom stereocenters. The molecule has 0 aliphatic rings. The lowest BCUT2D eigenvalue weighted by Crippen LogP contribution is -3.00. The molecule has 30 heavy (non-hydrogen) atoms. The standard InChI is InChI=1S/C25H24ClN2O.BrH/c26-24-13-11-22(12-14-24)19-29-25(23-9-5-2-6-10-23)18-28-16-15-27(20-28)17-21-7-3-1-4-8-21;/h1-16,20,25H,17-19H2;1H/q+1;/p-1. The third-order valence-electron chi connectivity index (χ3n) is 4.87. The maximum absolute atomic E-state index is 6.31. The van der Waals surface area contributed by atoms with Gasteiger partial charge in [-0.05, 0) is 28.8 Å². The van der Waals surface area contributed by atoms with E-state index in [1.165, 1.54) is 11.1 Å². The van der Waals surface area contributed by atoms with Crippen LogP contribution in [-0.2, 0) is 24.4 Å². The second-order valence-electron chi connectivity index (χ2n) is 7.11. The lowest BCUT2D eigenvalue weighted by Gasteiger charge is -2.17. The molecule has 1 heterocycles.